The van der Waals surface area contributed by atoms with Crippen LogP contribution in [-0.4, -0.2) is 29.6 Å². The van der Waals surface area contributed by atoms with Gasteiger partial charge in [0.05, 0.1) is 12.7 Å². The summed E-state index contributed by atoms with van der Waals surface area (Å²) in [6.45, 7) is 0.310. The first-order valence-electron chi connectivity index (χ1n) is 5.54. The smallest absolute Gasteiger partial charge is 0.259 e. The number of nitrogens with zero attached hydrogens (tertiary/aromatic N) is 2. The van der Waals surface area contributed by atoms with E-state index in [4.69, 9.17) is 10.5 Å². The van der Waals surface area contributed by atoms with Crippen molar-refractivity contribution in [1.29, 1.82) is 0 Å². The fraction of sp³-hybridized carbons (Fsp3) is 0.0833. The topological polar surface area (TPSA) is 114 Å². The van der Waals surface area contributed by atoms with E-state index in [2.05, 4.69) is 26.8 Å². The monoisotopic (exact) mass is 339 g/mol. The van der Waals surface area contributed by atoms with Crippen molar-refractivity contribution in [3.05, 3.63) is 46.7 Å². The van der Waals surface area contributed by atoms with Gasteiger partial charge < -0.3 is 5.73 Å². The van der Waals surface area contributed by atoms with Gasteiger partial charge in [0.1, 0.15) is 10.4 Å². The summed E-state index contributed by atoms with van der Waals surface area (Å²) in [7, 11) is 0. The van der Waals surface area contributed by atoms with Gasteiger partial charge in [-0.3, -0.25) is 19.9 Å². The van der Waals surface area contributed by atoms with E-state index in [-0.39, 0.29) is 5.91 Å². The normalized spacial score (nSPS) is 13.4. The number of hydrazine groups is 1. The highest BCUT2D eigenvalue weighted by Crippen LogP contribution is 2.18. The van der Waals surface area contributed by atoms with Gasteiger partial charge in [0.25, 0.3) is 5.91 Å². The van der Waals surface area contributed by atoms with Gasteiger partial charge in [-0.25, -0.2) is 10.8 Å². The van der Waals surface area contributed by atoms with E-state index < -0.39 is 0 Å². The third kappa shape index (κ3) is 4.48. The number of nitrogens with two attached hydrogens (primary N) is 2. The van der Waals surface area contributed by atoms with Gasteiger partial charge in [0.15, 0.2) is 0 Å². The molecule has 1 aliphatic heterocycles. The number of carbonyl (C=O) groups is 2. The number of hydrogen-bond donors (Lipinski definition) is 3. The molecule has 2 rings (SSSR count). The molecule has 0 aliphatic carbocycles. The van der Waals surface area contributed by atoms with Crippen molar-refractivity contribution in [2.24, 2.45) is 16.6 Å². The molecule has 0 saturated heterocycles. The highest BCUT2D eigenvalue weighted by molar-refractivity contribution is 9.11. The summed E-state index contributed by atoms with van der Waals surface area (Å²) < 4.78 is 0.621. The number of nitrogens with one attached hydrogen (secondary N) is 1. The number of carbonyl (C=O) groups excluding carboxylic acids is 2. The lowest BCUT2D eigenvalue weighted by Gasteiger charge is -2.23. The number of amidine groups is 1. The van der Waals surface area contributed by atoms with Gasteiger partial charge in [-0.15, -0.1) is 0 Å². The lowest BCUT2D eigenvalue weighted by molar-refractivity contribution is -0.109. The summed E-state index contributed by atoms with van der Waals surface area (Å²) in [5.74, 6) is 4.74. The van der Waals surface area contributed by atoms with Gasteiger partial charge in [-0.1, -0.05) is 18.2 Å². The van der Waals surface area contributed by atoms with Gasteiger partial charge in [-0.05, 0) is 28.1 Å². The first-order chi connectivity index (χ1) is 9.60. The summed E-state index contributed by atoms with van der Waals surface area (Å²) in [4.78, 5) is 26.5. The Kier molecular flexibility index (Phi) is 6.41. The van der Waals surface area contributed by atoms with Crippen LogP contribution in [0.1, 0.15) is 10.4 Å². The maximum absolute atomic E-state index is 12.1. The molecule has 20 heavy (non-hydrogen) atoms. The van der Waals surface area contributed by atoms with Crippen molar-refractivity contribution in [3.8, 4) is 0 Å². The number of aliphatic imine (C=N–C) groups is 1. The zero-order chi connectivity index (χ0) is 15.0. The van der Waals surface area contributed by atoms with E-state index in [0.717, 1.165) is 0 Å². The highest BCUT2D eigenvalue weighted by atomic mass is 79.9. The van der Waals surface area contributed by atoms with Crippen LogP contribution in [0.25, 0.3) is 0 Å². The second kappa shape index (κ2) is 8.08. The third-order valence-corrected chi connectivity index (χ3v) is 2.88. The molecule has 0 atom stereocenters. The molecular weight excluding hydrogens is 326 g/mol. The molecule has 7 nitrogen and oxygen atoms in total. The molecule has 0 aromatic heterocycles. The number of benzene rings is 1. The third-order valence-electron chi connectivity index (χ3n) is 2.25. The molecule has 5 N–H and O–H groups in total. The van der Waals surface area contributed by atoms with Crippen LogP contribution in [0.5, 0.6) is 0 Å². The van der Waals surface area contributed by atoms with Crippen LogP contribution in [-0.2, 0) is 4.79 Å². The van der Waals surface area contributed by atoms with Crippen LogP contribution in [0.15, 0.2) is 46.1 Å². The van der Waals surface area contributed by atoms with Gasteiger partial charge in [0, 0.05) is 5.56 Å². The molecule has 1 aromatic rings. The number of amides is 2. The second-order valence-electron chi connectivity index (χ2n) is 3.61. The average Bonchev–Trinajstić information content (AvgIpc) is 2.50. The van der Waals surface area contributed by atoms with Gasteiger partial charge in [-0.2, -0.15) is 0 Å². The van der Waals surface area contributed by atoms with E-state index >= 15 is 0 Å². The Hall–Kier alpha value is -2.19. The Morgan fingerprint density at radius 3 is 2.55 bits per heavy atom. The zero-order valence-electron chi connectivity index (χ0n) is 10.5. The van der Waals surface area contributed by atoms with E-state index in [9.17, 15) is 4.79 Å². The van der Waals surface area contributed by atoms with Crippen LogP contribution in [0.4, 0.5) is 0 Å². The standard InChI is InChI=1S/C11H10BrN3O.CH4N2O/c12-9-6-14-10(13)7-15(9)11(16)8-4-2-1-3-5-8;2-3-1-4/h1-6H,7H2,(H2,13,14);1H,2H2,(H,3,4). The van der Waals surface area contributed by atoms with Crippen LogP contribution >= 0.6 is 15.9 Å². The van der Waals surface area contributed by atoms with Crippen LogP contribution in [0.3, 0.4) is 0 Å². The Morgan fingerprint density at radius 1 is 1.40 bits per heavy atom. The lowest BCUT2D eigenvalue weighted by Crippen LogP contribution is -2.38. The first-order valence-corrected chi connectivity index (χ1v) is 6.34. The maximum Gasteiger partial charge on any atom is 0.259 e. The molecule has 8 heteroatoms. The summed E-state index contributed by atoms with van der Waals surface area (Å²) in [5.41, 5.74) is 7.97. The minimum atomic E-state index is -0.0958. The summed E-state index contributed by atoms with van der Waals surface area (Å²) >= 11 is 3.28. The van der Waals surface area contributed by atoms with E-state index in [1.165, 1.54) is 11.1 Å². The minimum absolute atomic E-state index is 0.0958. The summed E-state index contributed by atoms with van der Waals surface area (Å²) in [6, 6.07) is 9.06. The lowest BCUT2D eigenvalue weighted by atomic mass is 10.2. The molecule has 1 aliphatic rings. The Labute approximate surface area is 124 Å². The van der Waals surface area contributed by atoms with E-state index in [1.807, 2.05) is 18.2 Å². The van der Waals surface area contributed by atoms with E-state index in [0.29, 0.717) is 29.0 Å². The molecule has 2 amide bonds. The molecule has 0 bridgehead atoms. The van der Waals surface area contributed by atoms with Crippen molar-refractivity contribution in [1.82, 2.24) is 10.3 Å². The van der Waals surface area contributed by atoms with E-state index in [1.54, 1.807) is 17.6 Å². The quantitative estimate of drug-likeness (QED) is 0.236. The molecule has 0 unspecified atom stereocenters. The average molecular weight is 340 g/mol. The fourth-order valence-corrected chi connectivity index (χ4v) is 1.78. The number of hydrogen-bond acceptors (Lipinski definition) is 5. The first kappa shape index (κ1) is 15.9. The van der Waals surface area contributed by atoms with Crippen molar-refractivity contribution >= 4 is 34.1 Å². The van der Waals surface area contributed by atoms with Crippen molar-refractivity contribution < 1.29 is 9.59 Å². The van der Waals surface area contributed by atoms with Crippen LogP contribution < -0.4 is 17.0 Å². The largest absolute Gasteiger partial charge is 0.386 e. The fourth-order valence-electron chi connectivity index (χ4n) is 1.39. The Morgan fingerprint density at radius 2 is 2.00 bits per heavy atom. The number of rotatable bonds is 2. The molecule has 1 heterocycles. The Bertz CT molecular complexity index is 530. The zero-order valence-corrected chi connectivity index (χ0v) is 12.1. The molecule has 0 fully saturated rings. The minimum Gasteiger partial charge on any atom is -0.386 e. The predicted molar refractivity (Wildman–Crippen MR) is 79.5 cm³/mol. The highest BCUT2D eigenvalue weighted by Gasteiger charge is 2.21. The second-order valence-corrected chi connectivity index (χ2v) is 4.43. The van der Waals surface area contributed by atoms with Gasteiger partial charge in [0.2, 0.25) is 6.41 Å². The summed E-state index contributed by atoms with van der Waals surface area (Å²) in [5, 5.41) is 0. The van der Waals surface area contributed by atoms with Crippen LogP contribution in [0.2, 0.25) is 0 Å². The molecule has 106 valence electrons. The predicted octanol–water partition coefficient (Wildman–Crippen LogP) is 0.300. The molecule has 1 aromatic carbocycles. The maximum atomic E-state index is 12.1. The van der Waals surface area contributed by atoms with Crippen molar-refractivity contribution in [3.63, 3.8) is 0 Å². The van der Waals surface area contributed by atoms with Crippen molar-refractivity contribution in [2.75, 3.05) is 6.54 Å². The molecule has 0 spiro atoms. The molecule has 0 radical (unpaired) electrons. The SMILES string of the molecule is NC1=NC=C(Br)N(C(=O)c2ccccc2)C1.NNC=O. The Balaban J connectivity index is 0.000000444. The molecular formula is C12H14BrN5O2. The van der Waals surface area contributed by atoms with Crippen molar-refractivity contribution in [2.45, 2.75) is 0 Å². The van der Waals surface area contributed by atoms with Crippen LogP contribution in [0, 0.1) is 0 Å². The van der Waals surface area contributed by atoms with Gasteiger partial charge >= 0.3 is 0 Å². The number of halogens is 1. The molecule has 0 saturated carbocycles. The summed E-state index contributed by atoms with van der Waals surface area (Å²) in [6.07, 6.45) is 1.93.